The number of aromatic amines is 2. The normalized spacial score (nSPS) is 13.0. The maximum Gasteiger partial charge on any atom is 0.288 e. The molecular weight excluding hydrogens is 312 g/mol. The molecular formula is C13H9ClN4O4. The van der Waals surface area contributed by atoms with Gasteiger partial charge in [-0.15, -0.1) is 11.6 Å². The number of ether oxygens (including phenoxy) is 2. The topological polar surface area (TPSA) is 109 Å². The molecule has 0 unspecified atom stereocenters. The van der Waals surface area contributed by atoms with E-state index >= 15 is 0 Å². The minimum atomic E-state index is -0.419. The average molecular weight is 321 g/mol. The SMILES string of the molecule is O=C(CCl)Nc1n[nH]c(=O)c2[nH]c3cc4c(cc3c12)OCO4. The number of amides is 1. The summed E-state index contributed by atoms with van der Waals surface area (Å²) < 4.78 is 10.7. The van der Waals surface area contributed by atoms with Gasteiger partial charge in [-0.3, -0.25) is 9.59 Å². The van der Waals surface area contributed by atoms with Gasteiger partial charge in [-0.25, -0.2) is 5.10 Å². The summed E-state index contributed by atoms with van der Waals surface area (Å²) in [6.07, 6.45) is 0. The Kier molecular flexibility index (Phi) is 2.73. The zero-order valence-electron chi connectivity index (χ0n) is 11.0. The summed E-state index contributed by atoms with van der Waals surface area (Å²) in [5.41, 5.74) is 0.592. The van der Waals surface area contributed by atoms with Gasteiger partial charge in [-0.2, -0.15) is 5.10 Å². The summed E-state index contributed by atoms with van der Waals surface area (Å²) in [7, 11) is 0. The van der Waals surface area contributed by atoms with E-state index in [1.807, 2.05) is 0 Å². The van der Waals surface area contributed by atoms with Gasteiger partial charge in [-0.1, -0.05) is 0 Å². The van der Waals surface area contributed by atoms with Gasteiger partial charge in [0.15, 0.2) is 17.3 Å². The van der Waals surface area contributed by atoms with Crippen LogP contribution in [0.15, 0.2) is 16.9 Å². The van der Waals surface area contributed by atoms with Crippen LogP contribution in [0, 0.1) is 0 Å². The lowest BCUT2D eigenvalue weighted by molar-refractivity contribution is -0.113. The average Bonchev–Trinajstić information content (AvgIpc) is 3.11. The summed E-state index contributed by atoms with van der Waals surface area (Å²) in [4.78, 5) is 26.5. The van der Waals surface area contributed by atoms with Gasteiger partial charge in [0.2, 0.25) is 12.7 Å². The fraction of sp³-hybridized carbons (Fsp3) is 0.154. The minimum absolute atomic E-state index is 0.147. The Morgan fingerprint density at radius 1 is 1.36 bits per heavy atom. The number of hydrogen-bond donors (Lipinski definition) is 3. The number of nitrogens with one attached hydrogen (secondary N) is 3. The Bertz CT molecular complexity index is 977. The van der Waals surface area contributed by atoms with E-state index in [1.54, 1.807) is 12.1 Å². The van der Waals surface area contributed by atoms with Crippen LogP contribution in [0.2, 0.25) is 0 Å². The molecule has 8 nitrogen and oxygen atoms in total. The van der Waals surface area contributed by atoms with E-state index in [4.69, 9.17) is 21.1 Å². The van der Waals surface area contributed by atoms with E-state index in [1.165, 1.54) is 0 Å². The number of carbonyl (C=O) groups excluding carboxylic acids is 1. The van der Waals surface area contributed by atoms with E-state index in [9.17, 15) is 9.59 Å². The molecule has 9 heteroatoms. The molecule has 0 radical (unpaired) electrons. The molecule has 0 atom stereocenters. The van der Waals surface area contributed by atoms with Crippen LogP contribution >= 0.6 is 11.6 Å². The molecule has 3 aromatic rings. The second-order valence-electron chi connectivity index (χ2n) is 4.71. The van der Waals surface area contributed by atoms with Crippen LogP contribution in [-0.4, -0.2) is 33.8 Å². The standard InChI is InChI=1S/C13H9ClN4O4/c14-3-9(19)16-12-10-5-1-7-8(22-4-21-7)2-6(5)15-11(10)13(20)18-17-12/h1-2,15H,3-4H2,(H,18,20)(H,16,17,19). The predicted molar refractivity (Wildman–Crippen MR) is 79.7 cm³/mol. The molecule has 112 valence electrons. The lowest BCUT2D eigenvalue weighted by atomic mass is 10.1. The first kappa shape index (κ1) is 13.0. The number of rotatable bonds is 2. The fourth-order valence-corrected chi connectivity index (χ4v) is 2.54. The number of benzene rings is 1. The highest BCUT2D eigenvalue weighted by molar-refractivity contribution is 6.29. The number of alkyl halides is 1. The van der Waals surface area contributed by atoms with E-state index < -0.39 is 11.5 Å². The van der Waals surface area contributed by atoms with Gasteiger partial charge in [0, 0.05) is 11.5 Å². The van der Waals surface area contributed by atoms with E-state index in [2.05, 4.69) is 20.5 Å². The molecule has 4 rings (SSSR count). The summed E-state index contributed by atoms with van der Waals surface area (Å²) in [5.74, 6) is 0.762. The number of halogens is 1. The quantitative estimate of drug-likeness (QED) is 0.617. The first-order valence-corrected chi connectivity index (χ1v) is 6.90. The van der Waals surface area contributed by atoms with Gasteiger partial charge >= 0.3 is 0 Å². The fourth-order valence-electron chi connectivity index (χ4n) is 2.47. The summed E-state index contributed by atoms with van der Waals surface area (Å²) >= 11 is 5.50. The third-order valence-electron chi connectivity index (χ3n) is 3.40. The van der Waals surface area contributed by atoms with Crippen LogP contribution in [0.1, 0.15) is 0 Å². The van der Waals surface area contributed by atoms with Crippen LogP contribution in [0.4, 0.5) is 5.82 Å². The van der Waals surface area contributed by atoms with Crippen LogP contribution in [0.25, 0.3) is 21.8 Å². The second kappa shape index (κ2) is 4.63. The largest absolute Gasteiger partial charge is 0.454 e. The number of hydrogen-bond acceptors (Lipinski definition) is 5. The molecule has 3 N–H and O–H groups in total. The number of nitrogens with zero attached hydrogens (tertiary/aromatic N) is 1. The van der Waals surface area contributed by atoms with Crippen LogP contribution < -0.4 is 20.3 Å². The molecule has 0 aliphatic carbocycles. The molecule has 1 aliphatic heterocycles. The van der Waals surface area contributed by atoms with Crippen molar-refractivity contribution in [3.63, 3.8) is 0 Å². The highest BCUT2D eigenvalue weighted by atomic mass is 35.5. The molecule has 1 aromatic carbocycles. The smallest absolute Gasteiger partial charge is 0.288 e. The molecule has 0 bridgehead atoms. The van der Waals surface area contributed by atoms with Crippen molar-refractivity contribution in [2.45, 2.75) is 0 Å². The van der Waals surface area contributed by atoms with Crippen molar-refractivity contribution < 1.29 is 14.3 Å². The van der Waals surface area contributed by atoms with Gasteiger partial charge in [0.25, 0.3) is 5.56 Å². The van der Waals surface area contributed by atoms with Crippen molar-refractivity contribution in [1.29, 1.82) is 0 Å². The van der Waals surface area contributed by atoms with Gasteiger partial charge in [0.1, 0.15) is 11.4 Å². The van der Waals surface area contributed by atoms with Crippen molar-refractivity contribution in [3.05, 3.63) is 22.5 Å². The summed E-state index contributed by atoms with van der Waals surface area (Å²) in [5, 5.41) is 9.98. The molecule has 3 heterocycles. The van der Waals surface area contributed by atoms with Crippen molar-refractivity contribution >= 4 is 45.1 Å². The van der Waals surface area contributed by atoms with E-state index in [0.29, 0.717) is 33.3 Å². The third-order valence-corrected chi connectivity index (χ3v) is 3.65. The molecule has 0 saturated carbocycles. The number of anilines is 1. The molecule has 22 heavy (non-hydrogen) atoms. The lowest BCUT2D eigenvalue weighted by Crippen LogP contribution is -2.17. The lowest BCUT2D eigenvalue weighted by Gasteiger charge is -2.03. The van der Waals surface area contributed by atoms with Crippen molar-refractivity contribution in [3.8, 4) is 11.5 Å². The number of carbonyl (C=O) groups is 1. The minimum Gasteiger partial charge on any atom is -0.454 e. The Balaban J connectivity index is 2.05. The van der Waals surface area contributed by atoms with Crippen molar-refractivity contribution in [1.82, 2.24) is 15.2 Å². The molecule has 0 fully saturated rings. The summed E-state index contributed by atoms with van der Waals surface area (Å²) in [6, 6.07) is 3.48. The number of H-pyrrole nitrogens is 2. The zero-order chi connectivity index (χ0) is 15.3. The van der Waals surface area contributed by atoms with E-state index in [-0.39, 0.29) is 18.5 Å². The van der Waals surface area contributed by atoms with Crippen LogP contribution in [-0.2, 0) is 4.79 Å². The monoisotopic (exact) mass is 320 g/mol. The van der Waals surface area contributed by atoms with Gasteiger partial charge in [-0.05, 0) is 6.07 Å². The molecule has 1 amide bonds. The van der Waals surface area contributed by atoms with Crippen molar-refractivity contribution in [2.24, 2.45) is 0 Å². The molecule has 0 spiro atoms. The summed E-state index contributed by atoms with van der Waals surface area (Å²) in [6.45, 7) is 0.147. The van der Waals surface area contributed by atoms with Crippen LogP contribution in [0.3, 0.4) is 0 Å². The Hall–Kier alpha value is -2.74. The number of aromatic nitrogens is 3. The highest BCUT2D eigenvalue weighted by Gasteiger charge is 2.20. The highest BCUT2D eigenvalue weighted by Crippen LogP contribution is 2.39. The van der Waals surface area contributed by atoms with Crippen molar-refractivity contribution in [2.75, 3.05) is 18.0 Å². The third kappa shape index (κ3) is 1.81. The van der Waals surface area contributed by atoms with Gasteiger partial charge in [0.05, 0.1) is 10.9 Å². The maximum atomic E-state index is 12.0. The molecule has 2 aromatic heterocycles. The van der Waals surface area contributed by atoms with Gasteiger partial charge < -0.3 is 19.8 Å². The number of fused-ring (bicyclic) bond motifs is 4. The predicted octanol–water partition coefficient (Wildman–Crippen LogP) is 1.31. The van der Waals surface area contributed by atoms with Crippen LogP contribution in [0.5, 0.6) is 11.5 Å². The maximum absolute atomic E-state index is 12.0. The first-order chi connectivity index (χ1) is 10.7. The Morgan fingerprint density at radius 3 is 2.91 bits per heavy atom. The zero-order valence-corrected chi connectivity index (χ0v) is 11.8. The molecule has 1 aliphatic rings. The Morgan fingerprint density at radius 2 is 2.14 bits per heavy atom. The molecule has 0 saturated heterocycles. The van der Waals surface area contributed by atoms with E-state index in [0.717, 1.165) is 0 Å². The second-order valence-corrected chi connectivity index (χ2v) is 4.98. The first-order valence-electron chi connectivity index (χ1n) is 6.37. The Labute approximate surface area is 127 Å².